The van der Waals surface area contributed by atoms with Gasteiger partial charge < -0.3 is 9.88 Å². The Labute approximate surface area is 157 Å². The van der Waals surface area contributed by atoms with Crippen molar-refractivity contribution in [1.82, 2.24) is 24.6 Å². The van der Waals surface area contributed by atoms with E-state index in [1.165, 1.54) is 5.56 Å². The Bertz CT molecular complexity index is 884. The minimum Gasteiger partial charge on any atom is -0.348 e. The number of aromatic nitrogens is 4. The molecule has 0 fully saturated rings. The summed E-state index contributed by atoms with van der Waals surface area (Å²) in [5, 5.41) is 7.77. The van der Waals surface area contributed by atoms with Gasteiger partial charge in [-0.1, -0.05) is 41.4 Å². The first-order valence-electron chi connectivity index (χ1n) is 8.49. The molecule has 1 N–H and O–H groups in total. The first-order valence-corrected chi connectivity index (χ1v) is 8.87. The molecule has 3 aromatic rings. The molecule has 0 aliphatic rings. The van der Waals surface area contributed by atoms with E-state index in [2.05, 4.69) is 15.4 Å². The summed E-state index contributed by atoms with van der Waals surface area (Å²) in [5.74, 6) is -0.213. The minimum atomic E-state index is -0.213. The van der Waals surface area contributed by atoms with Crippen LogP contribution in [0.3, 0.4) is 0 Å². The van der Waals surface area contributed by atoms with E-state index >= 15 is 0 Å². The number of hydrogen-bond acceptors (Lipinski definition) is 3. The molecule has 0 bridgehead atoms. The van der Waals surface area contributed by atoms with E-state index in [4.69, 9.17) is 11.6 Å². The highest BCUT2D eigenvalue weighted by molar-refractivity contribution is 6.33. The van der Waals surface area contributed by atoms with Gasteiger partial charge in [0.15, 0.2) is 0 Å². The Morgan fingerprint density at radius 3 is 2.65 bits per heavy atom. The van der Waals surface area contributed by atoms with E-state index in [1.54, 1.807) is 24.1 Å². The van der Waals surface area contributed by atoms with Gasteiger partial charge in [0.2, 0.25) is 0 Å². The molecule has 1 aromatic carbocycles. The molecule has 2 aromatic heterocycles. The number of aryl methyl sites for hydroxylation is 2. The number of carbonyl (C=O) groups is 1. The van der Waals surface area contributed by atoms with Crippen molar-refractivity contribution in [3.63, 3.8) is 0 Å². The Balaban J connectivity index is 1.72. The number of imidazole rings is 1. The molecule has 3 rings (SSSR count). The first-order chi connectivity index (χ1) is 12.4. The second kappa shape index (κ2) is 7.74. The average molecular weight is 372 g/mol. The van der Waals surface area contributed by atoms with Crippen LogP contribution in [0.25, 0.3) is 0 Å². The highest BCUT2D eigenvalue weighted by Gasteiger charge is 2.21. The smallest absolute Gasteiger partial charge is 0.256 e. The fourth-order valence-corrected chi connectivity index (χ4v) is 3.16. The molecular formula is C19H22ClN5O. The zero-order valence-corrected chi connectivity index (χ0v) is 15.9. The maximum atomic E-state index is 12.7. The molecule has 6 nitrogen and oxygen atoms in total. The summed E-state index contributed by atoms with van der Waals surface area (Å²) in [6.07, 6.45) is 5.30. The highest BCUT2D eigenvalue weighted by Crippen LogP contribution is 2.21. The monoisotopic (exact) mass is 371 g/mol. The van der Waals surface area contributed by atoms with Gasteiger partial charge in [0.05, 0.1) is 24.1 Å². The third kappa shape index (κ3) is 4.14. The average Bonchev–Trinajstić information content (AvgIpc) is 3.18. The van der Waals surface area contributed by atoms with Gasteiger partial charge >= 0.3 is 0 Å². The Hall–Kier alpha value is -2.60. The van der Waals surface area contributed by atoms with Gasteiger partial charge in [-0.3, -0.25) is 4.79 Å². The van der Waals surface area contributed by atoms with Crippen molar-refractivity contribution >= 4 is 17.5 Å². The zero-order chi connectivity index (χ0) is 18.7. The van der Waals surface area contributed by atoms with Crippen LogP contribution in [0.15, 0.2) is 43.0 Å². The van der Waals surface area contributed by atoms with Crippen molar-refractivity contribution in [2.75, 3.05) is 0 Å². The fourth-order valence-electron chi connectivity index (χ4n) is 2.84. The standard InChI is InChI=1S/C19H22ClN5O/c1-13-4-6-16(7-5-13)11-25-18(20)17(15(3)23-25)19(26)22-14(2)10-24-9-8-21-12-24/h4-9,12,14H,10-11H2,1-3H3,(H,22,26). The summed E-state index contributed by atoms with van der Waals surface area (Å²) >= 11 is 6.46. The molecule has 0 aliphatic carbocycles. The summed E-state index contributed by atoms with van der Waals surface area (Å²) in [6, 6.07) is 8.11. The lowest BCUT2D eigenvalue weighted by atomic mass is 10.1. The number of nitrogens with zero attached hydrogens (tertiary/aromatic N) is 4. The number of carbonyl (C=O) groups excluding carboxylic acids is 1. The number of hydrogen-bond donors (Lipinski definition) is 1. The van der Waals surface area contributed by atoms with Gasteiger partial charge in [0.1, 0.15) is 5.15 Å². The van der Waals surface area contributed by atoms with E-state index in [1.807, 2.05) is 48.9 Å². The van der Waals surface area contributed by atoms with Crippen LogP contribution in [-0.2, 0) is 13.1 Å². The maximum absolute atomic E-state index is 12.7. The molecule has 2 heterocycles. The molecule has 136 valence electrons. The van der Waals surface area contributed by atoms with Gasteiger partial charge in [-0.2, -0.15) is 5.10 Å². The molecule has 0 radical (unpaired) electrons. The van der Waals surface area contributed by atoms with Crippen LogP contribution in [0.5, 0.6) is 0 Å². The van der Waals surface area contributed by atoms with Crippen LogP contribution in [0, 0.1) is 13.8 Å². The van der Waals surface area contributed by atoms with Crippen LogP contribution >= 0.6 is 11.6 Å². The number of halogens is 1. The molecular weight excluding hydrogens is 350 g/mol. The third-order valence-corrected chi connectivity index (χ3v) is 4.55. The van der Waals surface area contributed by atoms with Gasteiger partial charge in [0.25, 0.3) is 5.91 Å². The zero-order valence-electron chi connectivity index (χ0n) is 15.1. The van der Waals surface area contributed by atoms with E-state index < -0.39 is 0 Å². The number of amides is 1. The first kappa shape index (κ1) is 18.2. The molecule has 1 atom stereocenters. The molecule has 1 amide bonds. The molecule has 0 aliphatic heterocycles. The molecule has 1 unspecified atom stereocenters. The summed E-state index contributed by atoms with van der Waals surface area (Å²) in [4.78, 5) is 16.7. The summed E-state index contributed by atoms with van der Waals surface area (Å²) in [5.41, 5.74) is 3.33. The predicted octanol–water partition coefficient (Wildman–Crippen LogP) is 3.22. The van der Waals surface area contributed by atoms with Crippen LogP contribution in [0.2, 0.25) is 5.15 Å². The second-order valence-corrected chi connectivity index (χ2v) is 6.89. The Morgan fingerprint density at radius 2 is 2.00 bits per heavy atom. The quantitative estimate of drug-likeness (QED) is 0.723. The van der Waals surface area contributed by atoms with Gasteiger partial charge in [0, 0.05) is 25.0 Å². The molecule has 26 heavy (non-hydrogen) atoms. The van der Waals surface area contributed by atoms with Crippen molar-refractivity contribution in [1.29, 1.82) is 0 Å². The second-order valence-electron chi connectivity index (χ2n) is 6.53. The van der Waals surface area contributed by atoms with E-state index in [0.29, 0.717) is 29.5 Å². The van der Waals surface area contributed by atoms with Crippen molar-refractivity contribution in [2.24, 2.45) is 0 Å². The van der Waals surface area contributed by atoms with Crippen LogP contribution < -0.4 is 5.32 Å². The van der Waals surface area contributed by atoms with Crippen molar-refractivity contribution < 1.29 is 4.79 Å². The van der Waals surface area contributed by atoms with E-state index in [0.717, 1.165) is 5.56 Å². The number of rotatable bonds is 6. The summed E-state index contributed by atoms with van der Waals surface area (Å²) in [7, 11) is 0. The van der Waals surface area contributed by atoms with E-state index in [9.17, 15) is 4.79 Å². The predicted molar refractivity (Wildman–Crippen MR) is 101 cm³/mol. The molecule has 0 saturated carbocycles. The van der Waals surface area contributed by atoms with Crippen molar-refractivity contribution in [3.8, 4) is 0 Å². The van der Waals surface area contributed by atoms with Crippen molar-refractivity contribution in [3.05, 3.63) is 70.5 Å². The Morgan fingerprint density at radius 1 is 1.27 bits per heavy atom. The number of benzene rings is 1. The summed E-state index contributed by atoms with van der Waals surface area (Å²) in [6.45, 7) is 6.95. The largest absolute Gasteiger partial charge is 0.348 e. The van der Waals surface area contributed by atoms with E-state index in [-0.39, 0.29) is 11.9 Å². The SMILES string of the molecule is Cc1ccc(Cn2nc(C)c(C(=O)NC(C)Cn3ccnc3)c2Cl)cc1. The molecule has 7 heteroatoms. The lowest BCUT2D eigenvalue weighted by Crippen LogP contribution is -2.35. The van der Waals surface area contributed by atoms with Crippen LogP contribution in [0.1, 0.15) is 34.1 Å². The van der Waals surface area contributed by atoms with Gasteiger partial charge in [-0.25, -0.2) is 9.67 Å². The lowest BCUT2D eigenvalue weighted by molar-refractivity contribution is 0.0936. The minimum absolute atomic E-state index is 0.0624. The lowest BCUT2D eigenvalue weighted by Gasteiger charge is -2.14. The maximum Gasteiger partial charge on any atom is 0.256 e. The topological polar surface area (TPSA) is 64.7 Å². The fraction of sp³-hybridized carbons (Fsp3) is 0.316. The highest BCUT2D eigenvalue weighted by atomic mass is 35.5. The Kier molecular flexibility index (Phi) is 5.42. The molecule has 0 spiro atoms. The van der Waals surface area contributed by atoms with Crippen molar-refractivity contribution in [2.45, 2.75) is 39.9 Å². The number of nitrogens with one attached hydrogen (secondary N) is 1. The molecule has 0 saturated heterocycles. The van der Waals surface area contributed by atoms with Gasteiger partial charge in [-0.05, 0) is 26.3 Å². The van der Waals surface area contributed by atoms with Crippen LogP contribution in [-0.4, -0.2) is 31.3 Å². The van der Waals surface area contributed by atoms with Crippen LogP contribution in [0.4, 0.5) is 0 Å². The van der Waals surface area contributed by atoms with Gasteiger partial charge in [-0.15, -0.1) is 0 Å². The normalized spacial score (nSPS) is 12.2. The summed E-state index contributed by atoms with van der Waals surface area (Å²) < 4.78 is 3.58. The third-order valence-electron chi connectivity index (χ3n) is 4.17.